The number of urea groups is 1. The van der Waals surface area contributed by atoms with Crippen LogP contribution < -0.4 is 16.0 Å². The van der Waals surface area contributed by atoms with E-state index in [4.69, 9.17) is 14.9 Å². The number of carboxylic acids is 1. The number of anilines is 1. The first kappa shape index (κ1) is 30.0. The number of hydrogen-bond donors (Lipinski definition) is 4. The summed E-state index contributed by atoms with van der Waals surface area (Å²) >= 11 is 0. The van der Waals surface area contributed by atoms with Gasteiger partial charge in [0, 0.05) is 38.8 Å². The molecule has 2 aliphatic rings. The molecule has 1 atom stereocenters. The molecule has 2 heterocycles. The SMILES string of the molecule is CC(=O)O.Cc1ccc(F)cc1NC(=O)N1CCN(C(=Nc2cccc3c2CCNC3)NC#N)CC1c1ccccc1. The van der Waals surface area contributed by atoms with Gasteiger partial charge in [-0.3, -0.25) is 10.1 Å². The summed E-state index contributed by atoms with van der Waals surface area (Å²) in [6, 6.07) is 19.6. The minimum Gasteiger partial charge on any atom is -0.481 e. The maximum atomic E-state index is 13.9. The summed E-state index contributed by atoms with van der Waals surface area (Å²) < 4.78 is 13.9. The Morgan fingerprint density at radius 3 is 2.62 bits per heavy atom. The van der Waals surface area contributed by atoms with Crippen molar-refractivity contribution in [2.24, 2.45) is 4.99 Å². The zero-order chi connectivity index (χ0) is 30.1. The van der Waals surface area contributed by atoms with Gasteiger partial charge in [-0.05, 0) is 60.3 Å². The van der Waals surface area contributed by atoms with Gasteiger partial charge in [-0.15, -0.1) is 0 Å². The molecule has 0 bridgehead atoms. The Balaban J connectivity index is 0.000000952. The number of piperazine rings is 1. The predicted octanol–water partition coefficient (Wildman–Crippen LogP) is 4.52. The lowest BCUT2D eigenvalue weighted by Crippen LogP contribution is -2.55. The van der Waals surface area contributed by atoms with Crippen LogP contribution in [0.3, 0.4) is 0 Å². The minimum atomic E-state index is -0.833. The lowest BCUT2D eigenvalue weighted by Gasteiger charge is -2.42. The molecule has 218 valence electrons. The van der Waals surface area contributed by atoms with Crippen molar-refractivity contribution < 1.29 is 19.1 Å². The molecular formula is C31H34FN7O3. The summed E-state index contributed by atoms with van der Waals surface area (Å²) in [4.78, 5) is 31.1. The lowest BCUT2D eigenvalue weighted by atomic mass is 9.99. The van der Waals surface area contributed by atoms with Gasteiger partial charge in [0.1, 0.15) is 5.82 Å². The molecular weight excluding hydrogens is 537 g/mol. The molecule has 5 rings (SSSR count). The van der Waals surface area contributed by atoms with E-state index in [2.05, 4.69) is 22.0 Å². The topological polar surface area (TPSA) is 133 Å². The minimum absolute atomic E-state index is 0.302. The van der Waals surface area contributed by atoms with E-state index in [1.54, 1.807) is 11.0 Å². The molecule has 0 spiro atoms. The second-order valence-electron chi connectivity index (χ2n) is 9.99. The fraction of sp³-hybridized carbons (Fsp3) is 0.290. The Morgan fingerprint density at radius 1 is 1.12 bits per heavy atom. The van der Waals surface area contributed by atoms with E-state index in [1.807, 2.05) is 60.5 Å². The molecule has 2 amide bonds. The Kier molecular flexibility index (Phi) is 10.1. The van der Waals surface area contributed by atoms with Crippen LogP contribution in [0.25, 0.3) is 0 Å². The van der Waals surface area contributed by atoms with E-state index in [0.717, 1.165) is 43.2 Å². The monoisotopic (exact) mass is 571 g/mol. The molecule has 1 unspecified atom stereocenters. The predicted molar refractivity (Wildman–Crippen MR) is 159 cm³/mol. The Hall–Kier alpha value is -4.95. The maximum Gasteiger partial charge on any atom is 0.322 e. The van der Waals surface area contributed by atoms with E-state index in [9.17, 15) is 14.4 Å². The molecule has 3 aromatic carbocycles. The van der Waals surface area contributed by atoms with Crippen LogP contribution in [0.4, 0.5) is 20.6 Å². The average molecular weight is 572 g/mol. The van der Waals surface area contributed by atoms with Gasteiger partial charge in [-0.1, -0.05) is 48.5 Å². The molecule has 4 N–H and O–H groups in total. The average Bonchev–Trinajstić information content (AvgIpc) is 2.99. The van der Waals surface area contributed by atoms with Crippen molar-refractivity contribution in [1.29, 1.82) is 5.26 Å². The number of aliphatic carboxylic acids is 1. The van der Waals surface area contributed by atoms with Crippen LogP contribution in [-0.2, 0) is 17.8 Å². The van der Waals surface area contributed by atoms with E-state index in [0.29, 0.717) is 31.3 Å². The van der Waals surface area contributed by atoms with Crippen molar-refractivity contribution in [2.45, 2.75) is 32.9 Å². The number of nitrogens with zero attached hydrogens (tertiary/aromatic N) is 4. The number of carboxylic acid groups (broad SMARTS) is 1. The Bertz CT molecular complexity index is 1490. The van der Waals surface area contributed by atoms with Crippen molar-refractivity contribution in [3.05, 3.63) is 94.8 Å². The normalized spacial score (nSPS) is 16.3. The van der Waals surface area contributed by atoms with Gasteiger partial charge in [-0.2, -0.15) is 5.26 Å². The molecule has 42 heavy (non-hydrogen) atoms. The van der Waals surface area contributed by atoms with Crippen molar-refractivity contribution >= 4 is 29.3 Å². The van der Waals surface area contributed by atoms with Crippen LogP contribution >= 0.6 is 0 Å². The molecule has 3 aromatic rings. The van der Waals surface area contributed by atoms with Crippen LogP contribution in [0.1, 0.15) is 35.2 Å². The largest absolute Gasteiger partial charge is 0.481 e. The van der Waals surface area contributed by atoms with Crippen molar-refractivity contribution in [1.82, 2.24) is 20.4 Å². The van der Waals surface area contributed by atoms with Gasteiger partial charge in [-0.25, -0.2) is 14.2 Å². The van der Waals surface area contributed by atoms with Gasteiger partial charge >= 0.3 is 6.03 Å². The van der Waals surface area contributed by atoms with E-state index in [1.165, 1.54) is 23.3 Å². The molecule has 10 nitrogen and oxygen atoms in total. The van der Waals surface area contributed by atoms with Gasteiger partial charge in [0.15, 0.2) is 6.19 Å². The first-order chi connectivity index (χ1) is 20.3. The number of aryl methyl sites for hydroxylation is 1. The van der Waals surface area contributed by atoms with Crippen molar-refractivity contribution in [3.8, 4) is 6.19 Å². The standard InChI is InChI=1S/C29H30FN7O.C2H4O2/c1-20-10-11-23(30)16-26(20)35-29(38)37-15-14-36(18-27(37)21-6-3-2-4-7-21)28(33-19-31)34-25-9-5-8-22-17-32-13-12-24(22)25;1-2(3)4/h2-11,16,27,32H,12-15,17-18H2,1H3,(H,33,34)(H,35,38);1H3,(H,3,4). The number of nitrogens with one attached hydrogen (secondary N) is 3. The fourth-order valence-corrected chi connectivity index (χ4v) is 5.05. The summed E-state index contributed by atoms with van der Waals surface area (Å²) in [5, 5.41) is 26.0. The van der Waals surface area contributed by atoms with Gasteiger partial charge in [0.2, 0.25) is 5.96 Å². The molecule has 0 aliphatic carbocycles. The summed E-state index contributed by atoms with van der Waals surface area (Å²) in [5.41, 5.74) is 5.43. The number of amides is 2. The Morgan fingerprint density at radius 2 is 1.88 bits per heavy atom. The van der Waals surface area contributed by atoms with Gasteiger partial charge < -0.3 is 25.5 Å². The number of nitriles is 1. The number of rotatable bonds is 3. The highest BCUT2D eigenvalue weighted by atomic mass is 19.1. The quantitative estimate of drug-likeness (QED) is 0.157. The first-order valence-electron chi connectivity index (χ1n) is 13.6. The molecule has 0 aromatic heterocycles. The fourth-order valence-electron chi connectivity index (χ4n) is 5.05. The van der Waals surface area contributed by atoms with Crippen LogP contribution in [0, 0.1) is 24.2 Å². The number of carbonyl (C=O) groups is 2. The van der Waals surface area contributed by atoms with Crippen LogP contribution in [0.2, 0.25) is 0 Å². The first-order valence-corrected chi connectivity index (χ1v) is 13.6. The number of carbonyl (C=O) groups excluding carboxylic acids is 1. The highest BCUT2D eigenvalue weighted by molar-refractivity contribution is 5.91. The third-order valence-electron chi connectivity index (χ3n) is 7.08. The van der Waals surface area contributed by atoms with Crippen molar-refractivity contribution in [2.75, 3.05) is 31.5 Å². The second-order valence-corrected chi connectivity index (χ2v) is 9.99. The van der Waals surface area contributed by atoms with Crippen LogP contribution in [-0.4, -0.2) is 59.0 Å². The summed E-state index contributed by atoms with van der Waals surface area (Å²) in [7, 11) is 0. The van der Waals surface area contributed by atoms with Crippen LogP contribution in [0.5, 0.6) is 0 Å². The maximum absolute atomic E-state index is 13.9. The van der Waals surface area contributed by atoms with E-state index >= 15 is 0 Å². The zero-order valence-electron chi connectivity index (χ0n) is 23.6. The highest BCUT2D eigenvalue weighted by Gasteiger charge is 2.33. The lowest BCUT2D eigenvalue weighted by molar-refractivity contribution is -0.134. The Labute approximate surface area is 244 Å². The molecule has 11 heteroatoms. The second kappa shape index (κ2) is 14.1. The summed E-state index contributed by atoms with van der Waals surface area (Å²) in [5.74, 6) is -0.779. The third-order valence-corrected chi connectivity index (χ3v) is 7.08. The smallest absolute Gasteiger partial charge is 0.322 e. The van der Waals surface area contributed by atoms with Crippen molar-refractivity contribution in [3.63, 3.8) is 0 Å². The number of benzene rings is 3. The van der Waals surface area contributed by atoms with E-state index < -0.39 is 11.8 Å². The molecule has 1 saturated heterocycles. The van der Waals surface area contributed by atoms with Crippen LogP contribution in [0.15, 0.2) is 71.7 Å². The number of fused-ring (bicyclic) bond motifs is 1. The van der Waals surface area contributed by atoms with Gasteiger partial charge in [0.25, 0.3) is 5.97 Å². The molecule has 0 saturated carbocycles. The zero-order valence-corrected chi connectivity index (χ0v) is 23.6. The molecule has 1 fully saturated rings. The number of halogens is 1. The highest BCUT2D eigenvalue weighted by Crippen LogP contribution is 2.29. The third kappa shape index (κ3) is 7.62. The number of guanidine groups is 1. The van der Waals surface area contributed by atoms with Gasteiger partial charge in [0.05, 0.1) is 11.7 Å². The number of hydrogen-bond acceptors (Lipinski definition) is 5. The molecule has 0 radical (unpaired) electrons. The van der Waals surface area contributed by atoms with E-state index in [-0.39, 0.29) is 12.1 Å². The summed E-state index contributed by atoms with van der Waals surface area (Å²) in [6.07, 6.45) is 2.90. The molecule has 2 aliphatic heterocycles. The summed E-state index contributed by atoms with van der Waals surface area (Å²) in [6.45, 7) is 5.90. The number of aliphatic imine (C=N–C) groups is 1.